The van der Waals surface area contributed by atoms with Crippen molar-refractivity contribution in [1.29, 1.82) is 0 Å². The first kappa shape index (κ1) is 15.5. The van der Waals surface area contributed by atoms with Gasteiger partial charge in [-0.05, 0) is 37.5 Å². The maximum Gasteiger partial charge on any atom is 0.225 e. The SMILES string of the molecule is CCN1CC(C(=O)NCCCc2ccc(F)cc2)CC1=O. The molecule has 114 valence electrons. The van der Waals surface area contributed by atoms with Crippen LogP contribution >= 0.6 is 0 Å². The lowest BCUT2D eigenvalue weighted by Gasteiger charge is -2.13. The number of likely N-dealkylation sites (tertiary alicyclic amines) is 1. The van der Waals surface area contributed by atoms with Gasteiger partial charge in [0.15, 0.2) is 0 Å². The highest BCUT2D eigenvalue weighted by Crippen LogP contribution is 2.17. The van der Waals surface area contributed by atoms with Gasteiger partial charge >= 0.3 is 0 Å². The Labute approximate surface area is 124 Å². The predicted molar refractivity (Wildman–Crippen MR) is 78.1 cm³/mol. The van der Waals surface area contributed by atoms with Crippen LogP contribution in [-0.2, 0) is 16.0 Å². The van der Waals surface area contributed by atoms with Crippen molar-refractivity contribution in [2.24, 2.45) is 5.92 Å². The van der Waals surface area contributed by atoms with Crippen molar-refractivity contribution in [3.05, 3.63) is 35.6 Å². The summed E-state index contributed by atoms with van der Waals surface area (Å²) in [5.41, 5.74) is 1.05. The van der Waals surface area contributed by atoms with Crippen molar-refractivity contribution in [2.75, 3.05) is 19.6 Å². The molecule has 2 rings (SSSR count). The predicted octanol–water partition coefficient (Wildman–Crippen LogP) is 1.74. The van der Waals surface area contributed by atoms with Crippen LogP contribution in [0.15, 0.2) is 24.3 Å². The van der Waals surface area contributed by atoms with Crippen LogP contribution in [0.5, 0.6) is 0 Å². The standard InChI is InChI=1S/C16H21FN2O2/c1-2-19-11-13(10-15(19)20)16(21)18-9-3-4-12-5-7-14(17)8-6-12/h5-8,13H,2-4,9-11H2,1H3,(H,18,21). The second-order valence-corrected chi connectivity index (χ2v) is 5.35. The Morgan fingerprint density at radius 2 is 2.10 bits per heavy atom. The second-order valence-electron chi connectivity index (χ2n) is 5.35. The van der Waals surface area contributed by atoms with E-state index in [-0.39, 0.29) is 23.5 Å². The maximum atomic E-state index is 12.8. The molecule has 0 radical (unpaired) electrons. The molecule has 1 N–H and O–H groups in total. The van der Waals surface area contributed by atoms with E-state index in [1.807, 2.05) is 6.92 Å². The molecule has 0 aromatic heterocycles. The van der Waals surface area contributed by atoms with Gasteiger partial charge in [-0.25, -0.2) is 4.39 Å². The molecule has 1 aromatic rings. The van der Waals surface area contributed by atoms with Crippen LogP contribution < -0.4 is 5.32 Å². The number of rotatable bonds is 6. The number of hydrogen-bond donors (Lipinski definition) is 1. The summed E-state index contributed by atoms with van der Waals surface area (Å²) in [5, 5.41) is 2.88. The van der Waals surface area contributed by atoms with E-state index in [9.17, 15) is 14.0 Å². The molecule has 0 aliphatic carbocycles. The fraction of sp³-hybridized carbons (Fsp3) is 0.500. The van der Waals surface area contributed by atoms with Crippen molar-refractivity contribution < 1.29 is 14.0 Å². The zero-order valence-corrected chi connectivity index (χ0v) is 12.3. The number of hydrogen-bond acceptors (Lipinski definition) is 2. The van der Waals surface area contributed by atoms with Gasteiger partial charge in [-0.1, -0.05) is 12.1 Å². The third-order valence-electron chi connectivity index (χ3n) is 3.82. The maximum absolute atomic E-state index is 12.8. The summed E-state index contributed by atoms with van der Waals surface area (Å²) >= 11 is 0. The summed E-state index contributed by atoms with van der Waals surface area (Å²) in [4.78, 5) is 25.3. The van der Waals surface area contributed by atoms with Gasteiger partial charge in [0.2, 0.25) is 11.8 Å². The molecule has 4 nitrogen and oxygen atoms in total. The summed E-state index contributed by atoms with van der Waals surface area (Å²) in [7, 11) is 0. The highest BCUT2D eigenvalue weighted by molar-refractivity contribution is 5.89. The van der Waals surface area contributed by atoms with Gasteiger partial charge < -0.3 is 10.2 Å². The number of carbonyl (C=O) groups excluding carboxylic acids is 2. The fourth-order valence-electron chi connectivity index (χ4n) is 2.55. The highest BCUT2D eigenvalue weighted by atomic mass is 19.1. The van der Waals surface area contributed by atoms with Crippen LogP contribution in [0.4, 0.5) is 4.39 Å². The van der Waals surface area contributed by atoms with Crippen molar-refractivity contribution in [1.82, 2.24) is 10.2 Å². The van der Waals surface area contributed by atoms with Gasteiger partial charge in [-0.15, -0.1) is 0 Å². The van der Waals surface area contributed by atoms with Crippen LogP contribution in [0, 0.1) is 11.7 Å². The molecule has 0 bridgehead atoms. The second kappa shape index (κ2) is 7.20. The first-order valence-corrected chi connectivity index (χ1v) is 7.40. The number of aryl methyl sites for hydroxylation is 1. The Morgan fingerprint density at radius 1 is 1.38 bits per heavy atom. The average molecular weight is 292 g/mol. The number of halogens is 1. The van der Waals surface area contributed by atoms with Gasteiger partial charge in [-0.3, -0.25) is 9.59 Å². The van der Waals surface area contributed by atoms with E-state index in [4.69, 9.17) is 0 Å². The average Bonchev–Trinajstić information content (AvgIpc) is 2.86. The molecule has 0 saturated carbocycles. The normalized spacial score (nSPS) is 18.1. The number of carbonyl (C=O) groups is 2. The number of nitrogens with one attached hydrogen (secondary N) is 1. The molecule has 1 heterocycles. The summed E-state index contributed by atoms with van der Waals surface area (Å²) in [6.45, 7) is 3.68. The van der Waals surface area contributed by atoms with Crippen molar-refractivity contribution >= 4 is 11.8 Å². The van der Waals surface area contributed by atoms with Crippen LogP contribution in [0.3, 0.4) is 0 Å². The van der Waals surface area contributed by atoms with Crippen molar-refractivity contribution in [3.63, 3.8) is 0 Å². The Bertz CT molecular complexity index is 502. The van der Waals surface area contributed by atoms with Gasteiger partial charge in [0.05, 0.1) is 5.92 Å². The molecule has 1 aliphatic heterocycles. The molecule has 1 unspecified atom stereocenters. The Balaban J connectivity index is 1.68. The third-order valence-corrected chi connectivity index (χ3v) is 3.82. The fourth-order valence-corrected chi connectivity index (χ4v) is 2.55. The molecular formula is C16H21FN2O2. The molecule has 2 amide bonds. The van der Waals surface area contributed by atoms with Gasteiger partial charge in [0.25, 0.3) is 0 Å². The quantitative estimate of drug-likeness (QED) is 0.812. The molecule has 21 heavy (non-hydrogen) atoms. The largest absolute Gasteiger partial charge is 0.356 e. The van der Waals surface area contributed by atoms with Crippen LogP contribution in [-0.4, -0.2) is 36.3 Å². The van der Waals surface area contributed by atoms with Gasteiger partial charge in [-0.2, -0.15) is 0 Å². The minimum absolute atomic E-state index is 0.0431. The Hall–Kier alpha value is -1.91. The van der Waals surface area contributed by atoms with Gasteiger partial charge in [0, 0.05) is 26.1 Å². The molecule has 1 atom stereocenters. The first-order chi connectivity index (χ1) is 10.1. The zero-order chi connectivity index (χ0) is 15.2. The first-order valence-electron chi connectivity index (χ1n) is 7.40. The molecule has 5 heteroatoms. The van der Waals surface area contributed by atoms with E-state index < -0.39 is 0 Å². The van der Waals surface area contributed by atoms with Crippen LogP contribution in [0.1, 0.15) is 25.3 Å². The minimum atomic E-state index is -0.238. The van der Waals surface area contributed by atoms with Crippen LogP contribution in [0.25, 0.3) is 0 Å². The summed E-state index contributed by atoms with van der Waals surface area (Å²) in [6, 6.07) is 6.40. The van der Waals surface area contributed by atoms with E-state index in [2.05, 4.69) is 5.32 Å². The van der Waals surface area contributed by atoms with E-state index >= 15 is 0 Å². The molecule has 0 spiro atoms. The van der Waals surface area contributed by atoms with E-state index in [1.165, 1.54) is 12.1 Å². The summed E-state index contributed by atoms with van der Waals surface area (Å²) < 4.78 is 12.8. The number of amides is 2. The highest BCUT2D eigenvalue weighted by Gasteiger charge is 2.32. The van der Waals surface area contributed by atoms with Crippen LogP contribution in [0.2, 0.25) is 0 Å². The lowest BCUT2D eigenvalue weighted by Crippen LogP contribution is -2.33. The number of nitrogens with zero attached hydrogens (tertiary/aromatic N) is 1. The summed E-state index contributed by atoms with van der Waals surface area (Å²) in [6.07, 6.45) is 1.92. The topological polar surface area (TPSA) is 49.4 Å². The number of benzene rings is 1. The zero-order valence-electron chi connectivity index (χ0n) is 12.3. The third kappa shape index (κ3) is 4.28. The smallest absolute Gasteiger partial charge is 0.225 e. The van der Waals surface area contributed by atoms with E-state index in [1.54, 1.807) is 17.0 Å². The van der Waals surface area contributed by atoms with Crippen molar-refractivity contribution in [2.45, 2.75) is 26.2 Å². The molecule has 1 saturated heterocycles. The molecule has 1 aliphatic rings. The van der Waals surface area contributed by atoms with E-state index in [0.29, 0.717) is 26.1 Å². The Kier molecular flexibility index (Phi) is 5.31. The minimum Gasteiger partial charge on any atom is -0.356 e. The summed E-state index contributed by atoms with van der Waals surface area (Å²) in [5.74, 6) is -0.441. The molecule has 1 aromatic carbocycles. The Morgan fingerprint density at radius 3 is 2.71 bits per heavy atom. The van der Waals surface area contributed by atoms with Gasteiger partial charge in [0.1, 0.15) is 5.82 Å². The monoisotopic (exact) mass is 292 g/mol. The molecule has 1 fully saturated rings. The lowest BCUT2D eigenvalue weighted by molar-refractivity contribution is -0.128. The van der Waals surface area contributed by atoms with Crippen molar-refractivity contribution in [3.8, 4) is 0 Å². The molecular weight excluding hydrogens is 271 g/mol. The van der Waals surface area contributed by atoms with E-state index in [0.717, 1.165) is 18.4 Å². The lowest BCUT2D eigenvalue weighted by atomic mass is 10.1.